The molecule has 0 saturated heterocycles. The molecule has 1 fully saturated rings. The molecule has 0 spiro atoms. The molecule has 1 aliphatic rings. The van der Waals surface area contributed by atoms with E-state index >= 15 is 0 Å². The average Bonchev–Trinajstić information content (AvgIpc) is 3.10. The Morgan fingerprint density at radius 2 is 2.18 bits per heavy atom. The van der Waals surface area contributed by atoms with Crippen LogP contribution in [-0.4, -0.2) is 24.5 Å². The minimum atomic E-state index is 0.204. The van der Waals surface area contributed by atoms with Gasteiger partial charge in [0, 0.05) is 18.0 Å². The molecular weight excluding hydrogens is 212 g/mol. The highest BCUT2D eigenvalue weighted by atomic mass is 16.3. The molecule has 90 valence electrons. The van der Waals surface area contributed by atoms with Crippen LogP contribution in [0.25, 0.3) is 11.0 Å². The molecule has 2 N–H and O–H groups in total. The molecule has 1 atom stereocenters. The van der Waals surface area contributed by atoms with Gasteiger partial charge in [0.05, 0.1) is 6.04 Å². The van der Waals surface area contributed by atoms with Crippen molar-refractivity contribution in [1.29, 1.82) is 0 Å². The molecule has 1 unspecified atom stereocenters. The third kappa shape index (κ3) is 1.96. The van der Waals surface area contributed by atoms with E-state index in [9.17, 15) is 0 Å². The largest absolute Gasteiger partial charge is 0.459 e. The van der Waals surface area contributed by atoms with Gasteiger partial charge < -0.3 is 10.2 Å². The van der Waals surface area contributed by atoms with Gasteiger partial charge >= 0.3 is 0 Å². The summed E-state index contributed by atoms with van der Waals surface area (Å²) in [4.78, 5) is 2.34. The zero-order valence-corrected chi connectivity index (χ0v) is 10.1. The van der Waals surface area contributed by atoms with Gasteiger partial charge in [-0.3, -0.25) is 4.90 Å². The number of nitrogens with two attached hydrogens (primary N) is 1. The average molecular weight is 230 g/mol. The number of para-hydroxylation sites is 1. The molecule has 1 aliphatic carbocycles. The quantitative estimate of drug-likeness (QED) is 0.877. The molecule has 3 heteroatoms. The fourth-order valence-corrected chi connectivity index (χ4v) is 2.39. The predicted molar refractivity (Wildman–Crippen MR) is 68.8 cm³/mol. The van der Waals surface area contributed by atoms with E-state index in [1.165, 1.54) is 12.8 Å². The highest BCUT2D eigenvalue weighted by Gasteiger charge is 2.32. The predicted octanol–water partition coefficient (Wildman–Crippen LogP) is 2.53. The number of likely N-dealkylation sites (N-methyl/N-ethyl adjacent to an activating group) is 1. The summed E-state index contributed by atoms with van der Waals surface area (Å²) in [6.45, 7) is 0.604. The monoisotopic (exact) mass is 230 g/mol. The van der Waals surface area contributed by atoms with Crippen LogP contribution in [-0.2, 0) is 0 Å². The molecule has 0 amide bonds. The van der Waals surface area contributed by atoms with Gasteiger partial charge in [0.15, 0.2) is 0 Å². The van der Waals surface area contributed by atoms with Crippen molar-refractivity contribution in [2.75, 3.05) is 13.6 Å². The SMILES string of the molecule is CN(C1CC1)C(CN)c1cc2ccccc2o1. The summed E-state index contributed by atoms with van der Waals surface area (Å²) in [5.74, 6) is 0.989. The van der Waals surface area contributed by atoms with Crippen molar-refractivity contribution < 1.29 is 4.42 Å². The lowest BCUT2D eigenvalue weighted by molar-refractivity contribution is 0.214. The van der Waals surface area contributed by atoms with Crippen molar-refractivity contribution in [1.82, 2.24) is 4.90 Å². The summed E-state index contributed by atoms with van der Waals surface area (Å²) in [5.41, 5.74) is 6.84. The van der Waals surface area contributed by atoms with Gasteiger partial charge in [-0.15, -0.1) is 0 Å². The van der Waals surface area contributed by atoms with Crippen LogP contribution in [0.3, 0.4) is 0 Å². The lowest BCUT2D eigenvalue weighted by atomic mass is 10.1. The molecule has 0 aliphatic heterocycles. The molecule has 2 aromatic rings. The van der Waals surface area contributed by atoms with Crippen LogP contribution in [0.15, 0.2) is 34.7 Å². The standard InChI is InChI=1S/C14H18N2O/c1-16(11-6-7-11)12(9-15)14-8-10-4-2-3-5-13(10)17-14/h2-5,8,11-12H,6-7,9,15H2,1H3. The van der Waals surface area contributed by atoms with Crippen molar-refractivity contribution in [3.8, 4) is 0 Å². The Hall–Kier alpha value is -1.32. The molecule has 1 saturated carbocycles. The number of rotatable bonds is 4. The van der Waals surface area contributed by atoms with Crippen LogP contribution < -0.4 is 5.73 Å². The second-order valence-corrected chi connectivity index (χ2v) is 4.83. The Balaban J connectivity index is 1.94. The molecular formula is C14H18N2O. The van der Waals surface area contributed by atoms with E-state index in [2.05, 4.69) is 24.1 Å². The first kappa shape index (κ1) is 10.8. The number of fused-ring (bicyclic) bond motifs is 1. The Kier molecular flexibility index (Phi) is 2.65. The maximum absolute atomic E-state index is 5.90. The minimum absolute atomic E-state index is 0.204. The lowest BCUT2D eigenvalue weighted by Gasteiger charge is -2.24. The van der Waals surface area contributed by atoms with Crippen LogP contribution >= 0.6 is 0 Å². The summed E-state index contributed by atoms with van der Waals surface area (Å²) < 4.78 is 5.90. The summed E-state index contributed by atoms with van der Waals surface area (Å²) in [6, 6.07) is 11.1. The Bertz CT molecular complexity index is 483. The molecule has 3 rings (SSSR count). The van der Waals surface area contributed by atoms with E-state index in [4.69, 9.17) is 10.2 Å². The minimum Gasteiger partial charge on any atom is -0.459 e. The highest BCUT2D eigenvalue weighted by Crippen LogP contribution is 2.34. The Morgan fingerprint density at radius 3 is 2.82 bits per heavy atom. The van der Waals surface area contributed by atoms with E-state index in [0.29, 0.717) is 12.6 Å². The first-order valence-electron chi connectivity index (χ1n) is 6.20. The number of hydrogen-bond donors (Lipinski definition) is 1. The fraction of sp³-hybridized carbons (Fsp3) is 0.429. The fourth-order valence-electron chi connectivity index (χ4n) is 2.39. The van der Waals surface area contributed by atoms with Gasteiger partial charge in [0.2, 0.25) is 0 Å². The molecule has 17 heavy (non-hydrogen) atoms. The second kappa shape index (κ2) is 4.17. The van der Waals surface area contributed by atoms with Gasteiger partial charge in [-0.25, -0.2) is 0 Å². The summed E-state index contributed by atoms with van der Waals surface area (Å²) in [7, 11) is 2.14. The third-order valence-corrected chi connectivity index (χ3v) is 3.61. The number of furan rings is 1. The molecule has 1 aromatic heterocycles. The number of hydrogen-bond acceptors (Lipinski definition) is 3. The van der Waals surface area contributed by atoms with Crippen LogP contribution in [0.2, 0.25) is 0 Å². The summed E-state index contributed by atoms with van der Waals surface area (Å²) in [5, 5.41) is 1.16. The summed E-state index contributed by atoms with van der Waals surface area (Å²) >= 11 is 0. The van der Waals surface area contributed by atoms with E-state index < -0.39 is 0 Å². The van der Waals surface area contributed by atoms with E-state index in [0.717, 1.165) is 16.7 Å². The van der Waals surface area contributed by atoms with Crippen LogP contribution in [0.4, 0.5) is 0 Å². The molecule has 1 aromatic carbocycles. The van der Waals surface area contributed by atoms with E-state index in [-0.39, 0.29) is 6.04 Å². The zero-order chi connectivity index (χ0) is 11.8. The van der Waals surface area contributed by atoms with Crippen LogP contribution in [0, 0.1) is 0 Å². The maximum atomic E-state index is 5.90. The summed E-state index contributed by atoms with van der Waals surface area (Å²) in [6.07, 6.45) is 2.57. The van der Waals surface area contributed by atoms with Gasteiger partial charge in [0.1, 0.15) is 11.3 Å². The van der Waals surface area contributed by atoms with E-state index in [1.807, 2.05) is 18.2 Å². The van der Waals surface area contributed by atoms with Gasteiger partial charge in [-0.1, -0.05) is 18.2 Å². The highest BCUT2D eigenvalue weighted by molar-refractivity contribution is 5.77. The zero-order valence-electron chi connectivity index (χ0n) is 10.1. The molecule has 0 bridgehead atoms. The van der Waals surface area contributed by atoms with Crippen LogP contribution in [0.1, 0.15) is 24.6 Å². The first-order chi connectivity index (χ1) is 8.29. The van der Waals surface area contributed by atoms with Crippen molar-refractivity contribution in [2.24, 2.45) is 5.73 Å². The molecule has 0 radical (unpaired) electrons. The molecule has 3 nitrogen and oxygen atoms in total. The second-order valence-electron chi connectivity index (χ2n) is 4.83. The Labute approximate surface area is 101 Å². The Morgan fingerprint density at radius 1 is 1.41 bits per heavy atom. The molecule has 1 heterocycles. The topological polar surface area (TPSA) is 42.4 Å². The van der Waals surface area contributed by atoms with Gasteiger partial charge in [0.25, 0.3) is 0 Å². The van der Waals surface area contributed by atoms with Crippen LogP contribution in [0.5, 0.6) is 0 Å². The van der Waals surface area contributed by atoms with Crippen molar-refractivity contribution >= 4 is 11.0 Å². The van der Waals surface area contributed by atoms with Crippen molar-refractivity contribution in [2.45, 2.75) is 24.9 Å². The smallest absolute Gasteiger partial charge is 0.134 e. The van der Waals surface area contributed by atoms with E-state index in [1.54, 1.807) is 0 Å². The first-order valence-corrected chi connectivity index (χ1v) is 6.20. The van der Waals surface area contributed by atoms with Crippen molar-refractivity contribution in [3.05, 3.63) is 36.1 Å². The van der Waals surface area contributed by atoms with Gasteiger partial charge in [-0.2, -0.15) is 0 Å². The van der Waals surface area contributed by atoms with Crippen molar-refractivity contribution in [3.63, 3.8) is 0 Å². The maximum Gasteiger partial charge on any atom is 0.134 e. The lowest BCUT2D eigenvalue weighted by Crippen LogP contribution is -2.31. The third-order valence-electron chi connectivity index (χ3n) is 3.61. The normalized spacial score (nSPS) is 17.8. The van der Waals surface area contributed by atoms with Gasteiger partial charge in [-0.05, 0) is 32.0 Å². The number of nitrogens with zero attached hydrogens (tertiary/aromatic N) is 1. The number of benzene rings is 1.